The number of sulfonamides is 1. The number of amides is 1. The minimum absolute atomic E-state index is 0.0650. The zero-order valence-electron chi connectivity index (χ0n) is 20.3. The van der Waals surface area contributed by atoms with Gasteiger partial charge in [-0.3, -0.25) is 4.79 Å². The molecule has 0 aromatic heterocycles. The van der Waals surface area contributed by atoms with Crippen LogP contribution in [0.2, 0.25) is 0 Å². The molecule has 0 bridgehead atoms. The first-order valence-electron chi connectivity index (χ1n) is 12.0. The number of carbonyl (C=O) groups is 1. The van der Waals surface area contributed by atoms with Gasteiger partial charge in [-0.05, 0) is 60.7 Å². The Hall–Kier alpha value is -3.16. The van der Waals surface area contributed by atoms with Crippen LogP contribution >= 0.6 is 0 Å². The van der Waals surface area contributed by atoms with Crippen molar-refractivity contribution in [3.8, 4) is 16.9 Å². The second-order valence-corrected chi connectivity index (χ2v) is 10.8. The number of hydrogen-bond donors (Lipinski definition) is 0. The lowest BCUT2D eigenvalue weighted by Crippen LogP contribution is -2.43. The van der Waals surface area contributed by atoms with Crippen molar-refractivity contribution >= 4 is 15.9 Å². The fourth-order valence-corrected chi connectivity index (χ4v) is 5.93. The fraction of sp³-hybridized carbons (Fsp3) is 0.321. The van der Waals surface area contributed by atoms with Gasteiger partial charge in [0.25, 0.3) is 0 Å². The van der Waals surface area contributed by atoms with Crippen molar-refractivity contribution in [2.75, 3.05) is 26.7 Å². The van der Waals surface area contributed by atoms with Gasteiger partial charge in [-0.1, -0.05) is 54.6 Å². The fourth-order valence-electron chi connectivity index (χ4n) is 4.46. The lowest BCUT2D eigenvalue weighted by molar-refractivity contribution is -0.135. The number of piperidine rings is 1. The molecule has 1 aliphatic rings. The molecule has 1 aliphatic heterocycles. The summed E-state index contributed by atoms with van der Waals surface area (Å²) in [7, 11) is -1.77. The van der Waals surface area contributed by atoms with Crippen molar-refractivity contribution in [2.24, 2.45) is 5.92 Å². The van der Waals surface area contributed by atoms with E-state index in [1.807, 2.05) is 32.2 Å². The second kappa shape index (κ2) is 11.1. The molecule has 1 amide bonds. The Morgan fingerprint density at radius 3 is 2.11 bits per heavy atom. The Morgan fingerprint density at radius 2 is 1.51 bits per heavy atom. The third-order valence-electron chi connectivity index (χ3n) is 6.43. The van der Waals surface area contributed by atoms with Gasteiger partial charge >= 0.3 is 0 Å². The van der Waals surface area contributed by atoms with Gasteiger partial charge in [0.1, 0.15) is 5.75 Å². The molecule has 1 fully saturated rings. The van der Waals surface area contributed by atoms with Crippen LogP contribution in [0.5, 0.6) is 5.75 Å². The smallest absolute Gasteiger partial charge is 0.243 e. The Morgan fingerprint density at radius 1 is 0.914 bits per heavy atom. The van der Waals surface area contributed by atoms with Crippen LogP contribution in [0, 0.1) is 5.92 Å². The first-order chi connectivity index (χ1) is 16.9. The highest BCUT2D eigenvalue weighted by Crippen LogP contribution is 2.27. The van der Waals surface area contributed by atoms with Crippen LogP contribution in [0.15, 0.2) is 83.8 Å². The number of carbonyl (C=O) groups excluding carboxylic acids is 1. The van der Waals surface area contributed by atoms with E-state index in [0.717, 1.165) is 16.7 Å². The van der Waals surface area contributed by atoms with Crippen molar-refractivity contribution in [1.29, 1.82) is 0 Å². The molecule has 35 heavy (non-hydrogen) atoms. The van der Waals surface area contributed by atoms with Gasteiger partial charge in [-0.2, -0.15) is 4.31 Å². The molecule has 7 heteroatoms. The minimum Gasteiger partial charge on any atom is -0.494 e. The standard InChI is InChI=1S/C28H32N2O4S/c1-3-34-26-13-15-27(16-14-26)35(32,33)30-19-17-25(18-20-30)28(31)29(2)21-22-9-11-24(12-10-22)23-7-5-4-6-8-23/h4-16,25H,3,17-21H2,1-2H3. The summed E-state index contributed by atoms with van der Waals surface area (Å²) >= 11 is 0. The van der Waals surface area contributed by atoms with E-state index in [4.69, 9.17) is 4.74 Å². The molecular weight excluding hydrogens is 460 g/mol. The van der Waals surface area contributed by atoms with Crippen LogP contribution < -0.4 is 4.74 Å². The summed E-state index contributed by atoms with van der Waals surface area (Å²) in [5.74, 6) is 0.541. The molecule has 0 unspecified atom stereocenters. The summed E-state index contributed by atoms with van der Waals surface area (Å²) in [6.45, 7) is 3.62. The molecule has 1 saturated heterocycles. The first-order valence-corrected chi connectivity index (χ1v) is 13.4. The molecule has 4 rings (SSSR count). The normalized spacial score (nSPS) is 15.0. The lowest BCUT2D eigenvalue weighted by atomic mass is 9.96. The molecule has 3 aromatic carbocycles. The van der Waals surface area contributed by atoms with Crippen molar-refractivity contribution in [3.05, 3.63) is 84.4 Å². The van der Waals surface area contributed by atoms with Crippen molar-refractivity contribution in [3.63, 3.8) is 0 Å². The molecule has 0 saturated carbocycles. The van der Waals surface area contributed by atoms with Crippen LogP contribution in [0.1, 0.15) is 25.3 Å². The van der Waals surface area contributed by atoms with Gasteiger partial charge in [0, 0.05) is 32.6 Å². The first kappa shape index (κ1) is 24.9. The van der Waals surface area contributed by atoms with E-state index < -0.39 is 10.0 Å². The Bertz CT molecular complexity index is 1220. The van der Waals surface area contributed by atoms with Gasteiger partial charge in [0.2, 0.25) is 15.9 Å². The van der Waals surface area contributed by atoms with Crippen molar-refractivity contribution < 1.29 is 17.9 Å². The van der Waals surface area contributed by atoms with Gasteiger partial charge in [-0.25, -0.2) is 8.42 Å². The van der Waals surface area contributed by atoms with E-state index in [-0.39, 0.29) is 16.7 Å². The Kier molecular flexibility index (Phi) is 7.88. The van der Waals surface area contributed by atoms with Gasteiger partial charge < -0.3 is 9.64 Å². The van der Waals surface area contributed by atoms with E-state index in [0.29, 0.717) is 44.8 Å². The maximum Gasteiger partial charge on any atom is 0.243 e. The second-order valence-electron chi connectivity index (χ2n) is 8.84. The van der Waals surface area contributed by atoms with E-state index in [2.05, 4.69) is 36.4 Å². The minimum atomic E-state index is -3.59. The molecule has 184 valence electrons. The monoisotopic (exact) mass is 492 g/mol. The zero-order valence-corrected chi connectivity index (χ0v) is 21.1. The average molecular weight is 493 g/mol. The van der Waals surface area contributed by atoms with Crippen LogP contribution in [-0.2, 0) is 21.4 Å². The highest BCUT2D eigenvalue weighted by atomic mass is 32.2. The molecule has 0 radical (unpaired) electrons. The Balaban J connectivity index is 1.32. The summed E-state index contributed by atoms with van der Waals surface area (Å²) < 4.78 is 32.9. The summed E-state index contributed by atoms with van der Waals surface area (Å²) in [5, 5.41) is 0. The van der Waals surface area contributed by atoms with E-state index >= 15 is 0 Å². The average Bonchev–Trinajstić information content (AvgIpc) is 2.90. The molecule has 0 aliphatic carbocycles. The number of benzene rings is 3. The summed E-state index contributed by atoms with van der Waals surface area (Å²) in [6.07, 6.45) is 1.04. The van der Waals surface area contributed by atoms with E-state index in [9.17, 15) is 13.2 Å². The van der Waals surface area contributed by atoms with E-state index in [1.165, 1.54) is 4.31 Å². The highest BCUT2D eigenvalue weighted by molar-refractivity contribution is 7.89. The van der Waals surface area contributed by atoms with Crippen LogP contribution in [0.25, 0.3) is 11.1 Å². The quantitative estimate of drug-likeness (QED) is 0.453. The highest BCUT2D eigenvalue weighted by Gasteiger charge is 2.33. The number of nitrogens with zero attached hydrogens (tertiary/aromatic N) is 2. The van der Waals surface area contributed by atoms with Gasteiger partial charge in [0.15, 0.2) is 0 Å². The molecule has 1 heterocycles. The topological polar surface area (TPSA) is 66.9 Å². The lowest BCUT2D eigenvalue weighted by Gasteiger charge is -2.32. The molecule has 0 atom stereocenters. The third kappa shape index (κ3) is 5.92. The number of rotatable bonds is 8. The molecule has 0 spiro atoms. The summed E-state index contributed by atoms with van der Waals surface area (Å²) in [4.78, 5) is 15.1. The molecular formula is C28H32N2O4S. The number of ether oxygens (including phenoxy) is 1. The number of hydrogen-bond acceptors (Lipinski definition) is 4. The molecule has 3 aromatic rings. The van der Waals surface area contributed by atoms with Crippen molar-refractivity contribution in [2.45, 2.75) is 31.2 Å². The van der Waals surface area contributed by atoms with Crippen LogP contribution in [0.4, 0.5) is 0 Å². The van der Waals surface area contributed by atoms with Crippen LogP contribution in [0.3, 0.4) is 0 Å². The van der Waals surface area contributed by atoms with Gasteiger partial charge in [-0.15, -0.1) is 0 Å². The largest absolute Gasteiger partial charge is 0.494 e. The van der Waals surface area contributed by atoms with Crippen LogP contribution in [-0.4, -0.2) is 50.3 Å². The maximum absolute atomic E-state index is 13.1. The van der Waals surface area contributed by atoms with Crippen molar-refractivity contribution in [1.82, 2.24) is 9.21 Å². The predicted octanol–water partition coefficient (Wildman–Crippen LogP) is 4.81. The Labute approximate surface area is 208 Å². The van der Waals surface area contributed by atoms with E-state index in [1.54, 1.807) is 29.2 Å². The van der Waals surface area contributed by atoms with Gasteiger partial charge in [0.05, 0.1) is 11.5 Å². The molecule has 6 nitrogen and oxygen atoms in total. The molecule has 0 N–H and O–H groups in total. The summed E-state index contributed by atoms with van der Waals surface area (Å²) in [6, 6.07) is 25.0. The summed E-state index contributed by atoms with van der Waals surface area (Å²) in [5.41, 5.74) is 3.37. The predicted molar refractivity (Wildman–Crippen MR) is 137 cm³/mol. The third-order valence-corrected chi connectivity index (χ3v) is 8.35. The maximum atomic E-state index is 13.1. The zero-order chi connectivity index (χ0) is 24.8. The SMILES string of the molecule is CCOc1ccc(S(=O)(=O)N2CCC(C(=O)N(C)Cc3ccc(-c4ccccc4)cc3)CC2)cc1.